The van der Waals surface area contributed by atoms with E-state index >= 15 is 0 Å². The standard InChI is InChI=1S/C27H32N6O2/c1-17-27(21-7-5-6-8-22(21)30-17)12-20(13-28)32(16-27)25(35)23(11-18-9-10-18)31-24(34)19-14-29-33(15-19)26(2,3)4/h5-8,14-15,18,20,23,30H,1,9-12,16H2,2-4H3,(H,31,34)/t20-,23-,27+/m0/s1. The predicted molar refractivity (Wildman–Crippen MR) is 132 cm³/mol. The van der Waals surface area contributed by atoms with E-state index in [4.69, 9.17) is 0 Å². The summed E-state index contributed by atoms with van der Waals surface area (Å²) in [5.41, 5.74) is 2.52. The highest BCUT2D eigenvalue weighted by molar-refractivity contribution is 5.97. The number of likely N-dealkylation sites (tertiary alicyclic amines) is 1. The Hall–Kier alpha value is -3.60. The first kappa shape index (κ1) is 23.2. The lowest BCUT2D eigenvalue weighted by Crippen LogP contribution is -2.50. The van der Waals surface area contributed by atoms with E-state index in [0.29, 0.717) is 30.9 Å². The van der Waals surface area contributed by atoms with Gasteiger partial charge in [-0.1, -0.05) is 37.6 Å². The number of aromatic nitrogens is 2. The lowest BCUT2D eigenvalue weighted by Gasteiger charge is -2.28. The van der Waals surface area contributed by atoms with Crippen molar-refractivity contribution in [3.8, 4) is 6.07 Å². The average Bonchev–Trinajstić information content (AvgIpc) is 3.24. The summed E-state index contributed by atoms with van der Waals surface area (Å²) >= 11 is 0. The van der Waals surface area contributed by atoms with Gasteiger partial charge in [0.1, 0.15) is 12.1 Å². The van der Waals surface area contributed by atoms with Gasteiger partial charge >= 0.3 is 0 Å². The van der Waals surface area contributed by atoms with Gasteiger partial charge in [-0.15, -0.1) is 0 Å². The van der Waals surface area contributed by atoms with Crippen LogP contribution in [0.2, 0.25) is 0 Å². The molecule has 1 spiro atoms. The largest absolute Gasteiger partial charge is 0.358 e. The maximum atomic E-state index is 13.9. The highest BCUT2D eigenvalue weighted by Gasteiger charge is 2.53. The van der Waals surface area contributed by atoms with E-state index < -0.39 is 17.5 Å². The normalized spacial score (nSPS) is 24.1. The third-order valence-corrected chi connectivity index (χ3v) is 7.50. The minimum Gasteiger partial charge on any atom is -0.358 e. The Morgan fingerprint density at radius 1 is 1.34 bits per heavy atom. The van der Waals surface area contributed by atoms with Crippen LogP contribution in [0, 0.1) is 17.2 Å². The smallest absolute Gasteiger partial charge is 0.255 e. The summed E-state index contributed by atoms with van der Waals surface area (Å²) in [4.78, 5) is 28.6. The maximum Gasteiger partial charge on any atom is 0.255 e. The fourth-order valence-electron chi connectivity index (χ4n) is 5.28. The predicted octanol–water partition coefficient (Wildman–Crippen LogP) is 3.54. The number of para-hydroxylation sites is 1. The summed E-state index contributed by atoms with van der Waals surface area (Å²) in [6.07, 6.45) is 6.42. The van der Waals surface area contributed by atoms with Crippen molar-refractivity contribution >= 4 is 17.5 Å². The first-order valence-corrected chi connectivity index (χ1v) is 12.2. The van der Waals surface area contributed by atoms with Gasteiger partial charge in [0.2, 0.25) is 5.91 Å². The molecule has 8 nitrogen and oxygen atoms in total. The summed E-state index contributed by atoms with van der Waals surface area (Å²) < 4.78 is 1.74. The fraction of sp³-hybridized carbons (Fsp3) is 0.481. The zero-order valence-corrected chi connectivity index (χ0v) is 20.5. The van der Waals surface area contributed by atoms with Crippen molar-refractivity contribution < 1.29 is 9.59 Å². The number of nitriles is 1. The van der Waals surface area contributed by atoms with Crippen LogP contribution in [0.15, 0.2) is 48.9 Å². The summed E-state index contributed by atoms with van der Waals surface area (Å²) in [7, 11) is 0. The molecule has 1 aromatic heterocycles. The van der Waals surface area contributed by atoms with E-state index in [2.05, 4.69) is 28.4 Å². The Bertz CT molecular complexity index is 1230. The van der Waals surface area contributed by atoms with Crippen LogP contribution >= 0.6 is 0 Å². The van der Waals surface area contributed by atoms with Crippen LogP contribution in [-0.4, -0.2) is 45.1 Å². The summed E-state index contributed by atoms with van der Waals surface area (Å²) in [5, 5.41) is 20.6. The number of hydrogen-bond donors (Lipinski definition) is 2. The Kier molecular flexibility index (Phi) is 5.47. The molecule has 1 aromatic carbocycles. The van der Waals surface area contributed by atoms with Crippen LogP contribution in [0.25, 0.3) is 0 Å². The molecule has 8 heteroatoms. The van der Waals surface area contributed by atoms with Gasteiger partial charge in [0.25, 0.3) is 5.91 Å². The Morgan fingerprint density at radius 2 is 2.09 bits per heavy atom. The lowest BCUT2D eigenvalue weighted by molar-refractivity contribution is -0.133. The number of carbonyl (C=O) groups is 2. The number of nitrogens with zero attached hydrogens (tertiary/aromatic N) is 4. The van der Waals surface area contributed by atoms with Crippen LogP contribution in [0.4, 0.5) is 5.69 Å². The van der Waals surface area contributed by atoms with Gasteiger partial charge in [0.05, 0.1) is 28.8 Å². The monoisotopic (exact) mass is 472 g/mol. The van der Waals surface area contributed by atoms with Crippen LogP contribution < -0.4 is 10.6 Å². The number of hydrogen-bond acceptors (Lipinski definition) is 5. The Labute approximate surface area is 206 Å². The van der Waals surface area contributed by atoms with Gasteiger partial charge in [0, 0.05) is 24.1 Å². The zero-order chi connectivity index (χ0) is 25.0. The zero-order valence-electron chi connectivity index (χ0n) is 20.5. The number of benzene rings is 1. The highest BCUT2D eigenvalue weighted by Crippen LogP contribution is 2.50. The molecule has 182 valence electrons. The Morgan fingerprint density at radius 3 is 2.74 bits per heavy atom. The summed E-state index contributed by atoms with van der Waals surface area (Å²) in [6, 6.07) is 9.03. The SMILES string of the molecule is C=C1Nc2ccccc2[C@@]12C[C@@H](C#N)N(C(=O)[C@H](CC1CC1)NC(=O)c1cnn(C(C)(C)C)c1)C2. The minimum atomic E-state index is -0.683. The van der Waals surface area contributed by atoms with Gasteiger partial charge in [-0.05, 0) is 51.2 Å². The highest BCUT2D eigenvalue weighted by atomic mass is 16.2. The number of nitrogens with one attached hydrogen (secondary N) is 2. The summed E-state index contributed by atoms with van der Waals surface area (Å²) in [6.45, 7) is 10.6. The van der Waals surface area contributed by atoms with Gasteiger partial charge in [-0.2, -0.15) is 10.4 Å². The summed E-state index contributed by atoms with van der Waals surface area (Å²) in [5.74, 6) is -0.101. The Balaban J connectivity index is 1.39. The first-order chi connectivity index (χ1) is 16.6. The molecular weight excluding hydrogens is 440 g/mol. The van der Waals surface area contributed by atoms with Crippen molar-refractivity contribution in [3.63, 3.8) is 0 Å². The molecule has 3 heterocycles. The number of carbonyl (C=O) groups excluding carboxylic acids is 2. The molecular formula is C27H32N6O2. The molecule has 1 aliphatic carbocycles. The minimum absolute atomic E-state index is 0.200. The quantitative estimate of drug-likeness (QED) is 0.693. The molecule has 2 fully saturated rings. The van der Waals surface area contributed by atoms with E-state index in [1.165, 1.54) is 6.20 Å². The van der Waals surface area contributed by atoms with E-state index in [9.17, 15) is 14.9 Å². The van der Waals surface area contributed by atoms with E-state index in [1.54, 1.807) is 15.8 Å². The molecule has 2 amide bonds. The number of fused-ring (bicyclic) bond motifs is 2. The molecule has 35 heavy (non-hydrogen) atoms. The maximum absolute atomic E-state index is 13.9. The van der Waals surface area contributed by atoms with Crippen LogP contribution in [-0.2, 0) is 15.7 Å². The van der Waals surface area contributed by atoms with Gasteiger partial charge < -0.3 is 15.5 Å². The molecule has 3 atom stereocenters. The topological polar surface area (TPSA) is 103 Å². The van der Waals surface area contributed by atoms with Crippen molar-refractivity contribution in [2.24, 2.45) is 5.92 Å². The fourth-order valence-corrected chi connectivity index (χ4v) is 5.28. The van der Waals surface area contributed by atoms with Crippen LogP contribution in [0.5, 0.6) is 0 Å². The van der Waals surface area contributed by atoms with Crippen molar-refractivity contribution in [1.82, 2.24) is 20.0 Å². The molecule has 2 N–H and O–H groups in total. The van der Waals surface area contributed by atoms with Crippen molar-refractivity contribution in [2.75, 3.05) is 11.9 Å². The molecule has 1 saturated heterocycles. The second kappa shape index (κ2) is 8.26. The second-order valence-electron chi connectivity index (χ2n) is 11.1. The van der Waals surface area contributed by atoms with E-state index in [-0.39, 0.29) is 17.4 Å². The van der Waals surface area contributed by atoms with Crippen molar-refractivity contribution in [1.29, 1.82) is 5.26 Å². The van der Waals surface area contributed by atoms with Crippen molar-refractivity contribution in [2.45, 2.75) is 69.5 Å². The number of amides is 2. The van der Waals surface area contributed by atoms with Gasteiger partial charge in [-0.25, -0.2) is 0 Å². The third-order valence-electron chi connectivity index (χ3n) is 7.50. The number of anilines is 1. The van der Waals surface area contributed by atoms with Gasteiger partial charge in [-0.3, -0.25) is 14.3 Å². The number of rotatable bonds is 5. The molecule has 2 aromatic rings. The molecule has 0 unspecified atom stereocenters. The molecule has 0 bridgehead atoms. The van der Waals surface area contributed by atoms with Crippen molar-refractivity contribution in [3.05, 3.63) is 60.1 Å². The second-order valence-corrected chi connectivity index (χ2v) is 11.1. The molecule has 0 radical (unpaired) electrons. The molecule has 5 rings (SSSR count). The lowest BCUT2D eigenvalue weighted by atomic mass is 9.78. The average molecular weight is 473 g/mol. The first-order valence-electron chi connectivity index (χ1n) is 12.2. The van der Waals surface area contributed by atoms with E-state index in [0.717, 1.165) is 29.8 Å². The van der Waals surface area contributed by atoms with Crippen LogP contribution in [0.1, 0.15) is 62.4 Å². The molecule has 3 aliphatic rings. The van der Waals surface area contributed by atoms with Gasteiger partial charge in [0.15, 0.2) is 0 Å². The third kappa shape index (κ3) is 4.09. The van der Waals surface area contributed by atoms with Crippen LogP contribution in [0.3, 0.4) is 0 Å². The molecule has 2 aliphatic heterocycles. The molecule has 1 saturated carbocycles. The van der Waals surface area contributed by atoms with E-state index in [1.807, 2.05) is 45.0 Å².